The first-order chi connectivity index (χ1) is 12.4. The second kappa shape index (κ2) is 6.97. The molecule has 0 unspecified atom stereocenters. The second-order valence-electron chi connectivity index (χ2n) is 5.50. The third-order valence-corrected chi connectivity index (χ3v) is 4.12. The van der Waals surface area contributed by atoms with Crippen LogP contribution in [0, 0.1) is 0 Å². The SMILES string of the molecule is CC(=O)N(Cl)CC(=O)ON1C(=O)c2cccc(-c3ccccc3)c2C1=O. The Morgan fingerprint density at radius 3 is 2.31 bits per heavy atom. The molecule has 7 nitrogen and oxygen atoms in total. The Bertz CT molecular complexity index is 913. The summed E-state index contributed by atoms with van der Waals surface area (Å²) in [7, 11) is 0. The summed E-state index contributed by atoms with van der Waals surface area (Å²) in [4.78, 5) is 52.9. The molecule has 3 rings (SSSR count). The highest BCUT2D eigenvalue weighted by Crippen LogP contribution is 2.32. The number of benzene rings is 2. The zero-order valence-electron chi connectivity index (χ0n) is 13.6. The van der Waals surface area contributed by atoms with Crippen molar-refractivity contribution in [2.24, 2.45) is 0 Å². The minimum atomic E-state index is -1.01. The summed E-state index contributed by atoms with van der Waals surface area (Å²) in [6.07, 6.45) is 0. The number of rotatable bonds is 4. The van der Waals surface area contributed by atoms with Crippen molar-refractivity contribution in [3.8, 4) is 11.1 Å². The van der Waals surface area contributed by atoms with E-state index in [2.05, 4.69) is 0 Å². The molecule has 0 bridgehead atoms. The number of hydrogen-bond donors (Lipinski definition) is 0. The van der Waals surface area contributed by atoms with Gasteiger partial charge in [-0.2, -0.15) is 0 Å². The fourth-order valence-electron chi connectivity index (χ4n) is 2.56. The number of carbonyl (C=O) groups is 4. The van der Waals surface area contributed by atoms with Crippen LogP contribution in [-0.4, -0.2) is 39.7 Å². The van der Waals surface area contributed by atoms with E-state index in [1.807, 2.05) is 18.2 Å². The van der Waals surface area contributed by atoms with Crippen LogP contribution in [0.25, 0.3) is 11.1 Å². The molecule has 26 heavy (non-hydrogen) atoms. The molecule has 0 spiro atoms. The Morgan fingerprint density at radius 2 is 1.65 bits per heavy atom. The maximum atomic E-state index is 12.7. The Labute approximate surface area is 153 Å². The summed E-state index contributed by atoms with van der Waals surface area (Å²) in [5.74, 6) is -3.08. The van der Waals surface area contributed by atoms with Gasteiger partial charge in [0.05, 0.1) is 11.1 Å². The third-order valence-electron chi connectivity index (χ3n) is 3.77. The van der Waals surface area contributed by atoms with E-state index in [-0.39, 0.29) is 11.1 Å². The summed E-state index contributed by atoms with van der Waals surface area (Å²) in [6.45, 7) is 0.560. The smallest absolute Gasteiger partial charge is 0.328 e. The van der Waals surface area contributed by atoms with Crippen molar-refractivity contribution in [1.82, 2.24) is 9.48 Å². The number of carbonyl (C=O) groups excluding carboxylic acids is 4. The monoisotopic (exact) mass is 372 g/mol. The van der Waals surface area contributed by atoms with Crippen LogP contribution in [0.4, 0.5) is 0 Å². The highest BCUT2D eigenvalue weighted by Gasteiger charge is 2.40. The Balaban J connectivity index is 1.89. The largest absolute Gasteiger partial charge is 0.353 e. The van der Waals surface area contributed by atoms with Gasteiger partial charge in [0.25, 0.3) is 11.8 Å². The van der Waals surface area contributed by atoms with Gasteiger partial charge in [0.15, 0.2) is 0 Å². The van der Waals surface area contributed by atoms with Crippen molar-refractivity contribution >= 4 is 35.5 Å². The minimum Gasteiger partial charge on any atom is -0.328 e. The molecular formula is C18H13ClN2O5. The zero-order valence-corrected chi connectivity index (χ0v) is 14.4. The summed E-state index contributed by atoms with van der Waals surface area (Å²) in [6, 6.07) is 13.9. The fourth-order valence-corrected chi connectivity index (χ4v) is 2.66. The van der Waals surface area contributed by atoms with Crippen LogP contribution in [0.2, 0.25) is 0 Å². The molecule has 0 saturated carbocycles. The Hall–Kier alpha value is -3.19. The lowest BCUT2D eigenvalue weighted by molar-refractivity contribution is -0.169. The highest BCUT2D eigenvalue weighted by molar-refractivity contribution is 6.24. The lowest BCUT2D eigenvalue weighted by Crippen LogP contribution is -2.36. The molecule has 132 valence electrons. The van der Waals surface area contributed by atoms with Gasteiger partial charge in [0, 0.05) is 18.7 Å². The summed E-state index contributed by atoms with van der Waals surface area (Å²) in [5.41, 5.74) is 1.61. The molecule has 3 amide bonds. The van der Waals surface area contributed by atoms with E-state index in [4.69, 9.17) is 16.6 Å². The number of fused-ring (bicyclic) bond motifs is 1. The van der Waals surface area contributed by atoms with E-state index in [1.54, 1.807) is 24.3 Å². The van der Waals surface area contributed by atoms with Crippen LogP contribution in [0.5, 0.6) is 0 Å². The Kier molecular flexibility index (Phi) is 4.73. The molecule has 0 atom stereocenters. The number of hydrogen-bond acceptors (Lipinski definition) is 5. The van der Waals surface area contributed by atoms with Crippen molar-refractivity contribution in [2.45, 2.75) is 6.92 Å². The van der Waals surface area contributed by atoms with Crippen molar-refractivity contribution in [2.75, 3.05) is 6.54 Å². The average molecular weight is 373 g/mol. The van der Waals surface area contributed by atoms with Gasteiger partial charge in [0.1, 0.15) is 6.54 Å². The molecule has 0 aliphatic carbocycles. The molecule has 2 aromatic rings. The van der Waals surface area contributed by atoms with Crippen molar-refractivity contribution in [3.05, 3.63) is 59.7 Å². The fraction of sp³-hybridized carbons (Fsp3) is 0.111. The van der Waals surface area contributed by atoms with Crippen LogP contribution in [-0.2, 0) is 14.4 Å². The van der Waals surface area contributed by atoms with Gasteiger partial charge >= 0.3 is 5.97 Å². The topological polar surface area (TPSA) is 84.0 Å². The quantitative estimate of drug-likeness (QED) is 0.608. The molecule has 1 aliphatic heterocycles. The third kappa shape index (κ3) is 3.16. The number of halogens is 1. The van der Waals surface area contributed by atoms with Crippen molar-refractivity contribution in [1.29, 1.82) is 0 Å². The molecule has 1 heterocycles. The van der Waals surface area contributed by atoms with Gasteiger partial charge in [-0.25, -0.2) is 9.21 Å². The molecule has 2 aromatic carbocycles. The van der Waals surface area contributed by atoms with E-state index in [0.717, 1.165) is 12.5 Å². The molecule has 0 radical (unpaired) electrons. The number of imide groups is 1. The van der Waals surface area contributed by atoms with E-state index in [1.165, 1.54) is 6.07 Å². The minimum absolute atomic E-state index is 0.137. The molecule has 0 aromatic heterocycles. The van der Waals surface area contributed by atoms with Gasteiger partial charge in [0.2, 0.25) is 5.91 Å². The highest BCUT2D eigenvalue weighted by atomic mass is 35.5. The first-order valence-electron chi connectivity index (χ1n) is 7.62. The lowest BCUT2D eigenvalue weighted by Gasteiger charge is -2.15. The van der Waals surface area contributed by atoms with E-state index >= 15 is 0 Å². The number of nitrogens with zero attached hydrogens (tertiary/aromatic N) is 2. The predicted molar refractivity (Wildman–Crippen MR) is 91.7 cm³/mol. The molecule has 0 N–H and O–H groups in total. The van der Waals surface area contributed by atoms with E-state index in [0.29, 0.717) is 15.0 Å². The van der Waals surface area contributed by atoms with Crippen molar-refractivity contribution < 1.29 is 24.0 Å². The first kappa shape index (κ1) is 17.6. The van der Waals surface area contributed by atoms with Crippen LogP contribution in [0.1, 0.15) is 27.6 Å². The molecule has 1 aliphatic rings. The van der Waals surface area contributed by atoms with Gasteiger partial charge in [-0.15, -0.1) is 0 Å². The second-order valence-corrected chi connectivity index (χ2v) is 5.91. The predicted octanol–water partition coefficient (Wildman–Crippen LogP) is 2.41. The molecule has 0 fully saturated rings. The number of amides is 3. The summed E-state index contributed by atoms with van der Waals surface area (Å²) < 4.78 is 0.593. The summed E-state index contributed by atoms with van der Waals surface area (Å²) >= 11 is 5.56. The van der Waals surface area contributed by atoms with Crippen molar-refractivity contribution in [3.63, 3.8) is 0 Å². The standard InChI is InChI=1S/C18H13ClN2O5/c1-11(22)20(19)10-15(23)26-21-17(24)14-9-5-8-13(16(14)18(21)25)12-6-3-2-4-7-12/h2-9H,10H2,1H3. The van der Waals surface area contributed by atoms with Crippen LogP contribution in [0.3, 0.4) is 0 Å². The van der Waals surface area contributed by atoms with Crippen LogP contribution < -0.4 is 0 Å². The van der Waals surface area contributed by atoms with Gasteiger partial charge in [-0.05, 0) is 17.2 Å². The van der Waals surface area contributed by atoms with Gasteiger partial charge in [-0.3, -0.25) is 14.4 Å². The lowest BCUT2D eigenvalue weighted by atomic mass is 9.97. The maximum Gasteiger partial charge on any atom is 0.353 e. The Morgan fingerprint density at radius 1 is 1.00 bits per heavy atom. The van der Waals surface area contributed by atoms with Gasteiger partial charge < -0.3 is 4.84 Å². The zero-order chi connectivity index (χ0) is 18.8. The van der Waals surface area contributed by atoms with E-state index < -0.39 is 30.2 Å². The maximum absolute atomic E-state index is 12.7. The summed E-state index contributed by atoms with van der Waals surface area (Å²) in [5, 5.41) is 0.393. The number of hydroxylamine groups is 2. The van der Waals surface area contributed by atoms with Gasteiger partial charge in [-0.1, -0.05) is 47.5 Å². The molecule has 0 saturated heterocycles. The molecular weight excluding hydrogens is 360 g/mol. The average Bonchev–Trinajstić information content (AvgIpc) is 2.87. The normalized spacial score (nSPS) is 12.8. The van der Waals surface area contributed by atoms with E-state index in [9.17, 15) is 19.2 Å². The first-order valence-corrected chi connectivity index (χ1v) is 7.96. The molecule has 8 heteroatoms. The van der Waals surface area contributed by atoms with Crippen LogP contribution >= 0.6 is 11.8 Å². The van der Waals surface area contributed by atoms with Crippen LogP contribution in [0.15, 0.2) is 48.5 Å².